The number of amides is 2. The van der Waals surface area contributed by atoms with Crippen molar-refractivity contribution in [2.75, 3.05) is 17.3 Å². The molecule has 2 amide bonds. The van der Waals surface area contributed by atoms with E-state index in [0.717, 1.165) is 33.8 Å². The summed E-state index contributed by atoms with van der Waals surface area (Å²) in [5.74, 6) is 0.286. The van der Waals surface area contributed by atoms with Crippen LogP contribution in [0, 0.1) is 19.8 Å². The van der Waals surface area contributed by atoms with Crippen LogP contribution in [0.3, 0.4) is 0 Å². The van der Waals surface area contributed by atoms with Crippen LogP contribution in [0.25, 0.3) is 0 Å². The lowest BCUT2D eigenvalue weighted by Crippen LogP contribution is -2.47. The average Bonchev–Trinajstić information content (AvgIpc) is 2.82. The largest absolute Gasteiger partial charge is 0.497 e. The predicted molar refractivity (Wildman–Crippen MR) is 127 cm³/mol. The number of benzene rings is 3. The second kappa shape index (κ2) is 9.27. The maximum absolute atomic E-state index is 13.5. The second-order valence-corrected chi connectivity index (χ2v) is 8.27. The van der Waals surface area contributed by atoms with E-state index in [0.29, 0.717) is 12.8 Å². The van der Waals surface area contributed by atoms with Gasteiger partial charge in [0, 0.05) is 17.8 Å². The molecule has 0 aromatic heterocycles. The van der Waals surface area contributed by atoms with Gasteiger partial charge in [0.1, 0.15) is 5.75 Å². The van der Waals surface area contributed by atoms with Crippen molar-refractivity contribution >= 4 is 23.2 Å². The summed E-state index contributed by atoms with van der Waals surface area (Å²) < 4.78 is 5.27. The number of rotatable bonds is 5. The molecule has 0 unspecified atom stereocenters. The molecule has 4 rings (SSSR count). The molecule has 1 N–H and O–H groups in total. The zero-order chi connectivity index (χ0) is 22.7. The number of aryl methyl sites for hydroxylation is 2. The molecule has 0 spiro atoms. The van der Waals surface area contributed by atoms with E-state index in [1.807, 2.05) is 86.6 Å². The standard InChI is InChI=1S/C27H28N2O3/c1-18-9-10-19(2)24(17-18)28-27(31)23-15-16-25(30)29(21-11-13-22(32-3)14-12-21)26(23)20-7-5-4-6-8-20/h4-14,17,23,26H,15-16H2,1-3H3,(H,28,31)/t23-,26+/m1/s1. The minimum Gasteiger partial charge on any atom is -0.497 e. The van der Waals surface area contributed by atoms with Gasteiger partial charge in [-0.05, 0) is 67.3 Å². The van der Waals surface area contributed by atoms with Gasteiger partial charge in [0.25, 0.3) is 0 Å². The van der Waals surface area contributed by atoms with Crippen LogP contribution in [0.2, 0.25) is 0 Å². The molecule has 3 aromatic rings. The molecule has 164 valence electrons. The molecular weight excluding hydrogens is 400 g/mol. The first-order valence-corrected chi connectivity index (χ1v) is 10.9. The maximum Gasteiger partial charge on any atom is 0.229 e. The van der Waals surface area contributed by atoms with Crippen molar-refractivity contribution in [1.29, 1.82) is 0 Å². The molecule has 5 nitrogen and oxygen atoms in total. The first kappa shape index (κ1) is 21.6. The maximum atomic E-state index is 13.5. The lowest BCUT2D eigenvalue weighted by atomic mass is 9.83. The normalized spacial score (nSPS) is 18.3. The van der Waals surface area contributed by atoms with E-state index in [2.05, 4.69) is 5.32 Å². The Labute approximate surface area is 189 Å². The number of nitrogens with zero attached hydrogens (tertiary/aromatic N) is 1. The minimum absolute atomic E-state index is 0.0137. The van der Waals surface area contributed by atoms with Crippen molar-refractivity contribution in [3.05, 3.63) is 89.5 Å². The first-order chi connectivity index (χ1) is 15.5. The van der Waals surface area contributed by atoms with E-state index in [1.165, 1.54) is 0 Å². The van der Waals surface area contributed by atoms with Crippen LogP contribution in [0.5, 0.6) is 5.75 Å². The Hall–Kier alpha value is -3.60. The van der Waals surface area contributed by atoms with E-state index in [1.54, 1.807) is 12.0 Å². The third-order valence-electron chi connectivity index (χ3n) is 6.08. The summed E-state index contributed by atoms with van der Waals surface area (Å²) in [5, 5.41) is 3.13. The van der Waals surface area contributed by atoms with Gasteiger partial charge in [0.2, 0.25) is 11.8 Å². The molecule has 1 fully saturated rings. The summed E-state index contributed by atoms with van der Waals surface area (Å²) in [7, 11) is 1.61. The van der Waals surface area contributed by atoms with Crippen LogP contribution in [0.4, 0.5) is 11.4 Å². The summed E-state index contributed by atoms with van der Waals surface area (Å²) in [4.78, 5) is 28.4. The Kier molecular flexibility index (Phi) is 6.26. The Morgan fingerprint density at radius 2 is 1.72 bits per heavy atom. The highest BCUT2D eigenvalue weighted by atomic mass is 16.5. The molecule has 1 aliphatic heterocycles. The summed E-state index contributed by atoms with van der Waals surface area (Å²) in [6.07, 6.45) is 0.821. The Morgan fingerprint density at radius 3 is 2.41 bits per heavy atom. The number of carbonyl (C=O) groups excluding carboxylic acids is 2. The van der Waals surface area contributed by atoms with Crippen molar-refractivity contribution in [3.63, 3.8) is 0 Å². The van der Waals surface area contributed by atoms with Gasteiger partial charge in [-0.2, -0.15) is 0 Å². The average molecular weight is 429 g/mol. The van der Waals surface area contributed by atoms with E-state index in [4.69, 9.17) is 4.74 Å². The second-order valence-electron chi connectivity index (χ2n) is 8.27. The number of piperidine rings is 1. The molecule has 3 aromatic carbocycles. The highest BCUT2D eigenvalue weighted by molar-refractivity contribution is 6.00. The molecule has 2 atom stereocenters. The molecule has 0 bridgehead atoms. The van der Waals surface area contributed by atoms with Crippen molar-refractivity contribution in [3.8, 4) is 5.75 Å². The fourth-order valence-electron chi connectivity index (χ4n) is 4.34. The predicted octanol–water partition coefficient (Wildman–Crippen LogP) is 5.44. The quantitative estimate of drug-likeness (QED) is 0.589. The van der Waals surface area contributed by atoms with Crippen LogP contribution in [-0.4, -0.2) is 18.9 Å². The molecule has 1 heterocycles. The minimum atomic E-state index is -0.393. The van der Waals surface area contributed by atoms with Crippen LogP contribution in [0.1, 0.15) is 35.6 Å². The van der Waals surface area contributed by atoms with Gasteiger partial charge in [-0.15, -0.1) is 0 Å². The SMILES string of the molecule is COc1ccc(N2C(=O)CC[C@@H](C(=O)Nc3cc(C)ccc3C)[C@@H]2c2ccccc2)cc1. The number of hydrogen-bond donors (Lipinski definition) is 1. The number of nitrogens with one attached hydrogen (secondary N) is 1. The number of anilines is 2. The van der Waals surface area contributed by atoms with Crippen molar-refractivity contribution in [1.82, 2.24) is 0 Å². The van der Waals surface area contributed by atoms with Crippen molar-refractivity contribution in [2.45, 2.75) is 32.7 Å². The fourth-order valence-corrected chi connectivity index (χ4v) is 4.34. The van der Waals surface area contributed by atoms with E-state index >= 15 is 0 Å². The lowest BCUT2D eigenvalue weighted by molar-refractivity contribution is -0.125. The van der Waals surface area contributed by atoms with Gasteiger partial charge in [-0.3, -0.25) is 9.59 Å². The number of methoxy groups -OCH3 is 1. The van der Waals surface area contributed by atoms with Gasteiger partial charge in [0.15, 0.2) is 0 Å². The number of ether oxygens (including phenoxy) is 1. The van der Waals surface area contributed by atoms with Crippen molar-refractivity contribution < 1.29 is 14.3 Å². The Morgan fingerprint density at radius 1 is 1.00 bits per heavy atom. The summed E-state index contributed by atoms with van der Waals surface area (Å²) in [6.45, 7) is 3.99. The zero-order valence-corrected chi connectivity index (χ0v) is 18.7. The Balaban J connectivity index is 1.72. The van der Waals surface area contributed by atoms with Crippen LogP contribution in [0.15, 0.2) is 72.8 Å². The van der Waals surface area contributed by atoms with Gasteiger partial charge >= 0.3 is 0 Å². The molecule has 0 aliphatic carbocycles. The molecule has 5 heteroatoms. The number of hydrogen-bond acceptors (Lipinski definition) is 3. The van der Waals surface area contributed by atoms with Crippen molar-refractivity contribution in [2.24, 2.45) is 5.92 Å². The molecule has 0 saturated carbocycles. The van der Waals surface area contributed by atoms with Crippen LogP contribution < -0.4 is 15.0 Å². The summed E-state index contributed by atoms with van der Waals surface area (Å²) in [6, 6.07) is 22.9. The van der Waals surface area contributed by atoms with Gasteiger partial charge in [-0.25, -0.2) is 0 Å². The summed E-state index contributed by atoms with van der Waals surface area (Å²) >= 11 is 0. The van der Waals surface area contributed by atoms with E-state index < -0.39 is 6.04 Å². The third kappa shape index (κ3) is 4.37. The highest BCUT2D eigenvalue weighted by Gasteiger charge is 2.41. The van der Waals surface area contributed by atoms with Gasteiger partial charge in [-0.1, -0.05) is 42.5 Å². The molecule has 1 saturated heterocycles. The molecular formula is C27H28N2O3. The fraction of sp³-hybridized carbons (Fsp3) is 0.259. The van der Waals surface area contributed by atoms with Gasteiger partial charge in [0.05, 0.1) is 19.1 Å². The molecule has 32 heavy (non-hydrogen) atoms. The first-order valence-electron chi connectivity index (χ1n) is 10.9. The molecule has 0 radical (unpaired) electrons. The highest BCUT2D eigenvalue weighted by Crippen LogP contribution is 2.41. The molecule has 1 aliphatic rings. The van der Waals surface area contributed by atoms with Gasteiger partial charge < -0.3 is 15.0 Å². The summed E-state index contributed by atoms with van der Waals surface area (Å²) in [5.41, 5.74) is 4.62. The number of carbonyl (C=O) groups is 2. The smallest absolute Gasteiger partial charge is 0.229 e. The van der Waals surface area contributed by atoms with E-state index in [-0.39, 0.29) is 17.7 Å². The third-order valence-corrected chi connectivity index (χ3v) is 6.08. The Bertz CT molecular complexity index is 1110. The van der Waals surface area contributed by atoms with E-state index in [9.17, 15) is 9.59 Å². The monoisotopic (exact) mass is 428 g/mol. The zero-order valence-electron chi connectivity index (χ0n) is 18.7. The topological polar surface area (TPSA) is 58.6 Å². The van der Waals surface area contributed by atoms with Crippen LogP contribution >= 0.6 is 0 Å². The lowest BCUT2D eigenvalue weighted by Gasteiger charge is -2.41. The van der Waals surface area contributed by atoms with Crippen LogP contribution in [-0.2, 0) is 9.59 Å².